The van der Waals surface area contributed by atoms with Crippen molar-refractivity contribution in [1.29, 1.82) is 0 Å². The van der Waals surface area contributed by atoms with Crippen molar-refractivity contribution in [3.05, 3.63) is 24.3 Å². The van der Waals surface area contributed by atoms with Crippen LogP contribution in [0, 0.1) is 0 Å². The molecule has 1 aliphatic heterocycles. The lowest BCUT2D eigenvalue weighted by molar-refractivity contribution is -0.114. The topological polar surface area (TPSA) is 64.7 Å². The molecule has 0 aromatic heterocycles. The summed E-state index contributed by atoms with van der Waals surface area (Å²) in [6.45, 7) is 9.12. The van der Waals surface area contributed by atoms with Gasteiger partial charge in [-0.15, -0.1) is 0 Å². The predicted molar refractivity (Wildman–Crippen MR) is 88.0 cm³/mol. The van der Waals surface area contributed by atoms with E-state index in [0.29, 0.717) is 6.04 Å². The minimum Gasteiger partial charge on any atom is -0.326 e. The van der Waals surface area contributed by atoms with Crippen LogP contribution in [0.15, 0.2) is 24.3 Å². The fourth-order valence-electron chi connectivity index (χ4n) is 2.48. The molecule has 6 heteroatoms. The fraction of sp³-hybridized carbons (Fsp3) is 0.500. The van der Waals surface area contributed by atoms with Crippen molar-refractivity contribution >= 4 is 23.3 Å². The third-order valence-electron chi connectivity index (χ3n) is 3.79. The Morgan fingerprint density at radius 3 is 1.91 bits per heavy atom. The van der Waals surface area contributed by atoms with E-state index in [9.17, 15) is 9.59 Å². The van der Waals surface area contributed by atoms with E-state index in [1.54, 1.807) is 24.3 Å². The lowest BCUT2D eigenvalue weighted by atomic mass is 10.2. The Hall–Kier alpha value is -2.08. The summed E-state index contributed by atoms with van der Waals surface area (Å²) in [6, 6.07) is 7.56. The molecule has 0 aliphatic carbocycles. The molecule has 6 nitrogen and oxygen atoms in total. The molecule has 0 radical (unpaired) electrons. The van der Waals surface area contributed by atoms with E-state index in [2.05, 4.69) is 29.4 Å². The van der Waals surface area contributed by atoms with Crippen LogP contribution in [0.5, 0.6) is 0 Å². The van der Waals surface area contributed by atoms with Crippen LogP contribution in [-0.2, 0) is 4.79 Å². The normalized spacial score (nSPS) is 15.7. The highest BCUT2D eigenvalue weighted by atomic mass is 16.2. The maximum absolute atomic E-state index is 12.2. The molecule has 3 amide bonds. The number of nitrogens with zero attached hydrogens (tertiary/aromatic N) is 2. The second-order valence-electron chi connectivity index (χ2n) is 5.81. The van der Waals surface area contributed by atoms with E-state index in [-0.39, 0.29) is 11.9 Å². The highest BCUT2D eigenvalue weighted by Crippen LogP contribution is 2.15. The zero-order chi connectivity index (χ0) is 16.1. The van der Waals surface area contributed by atoms with Crippen molar-refractivity contribution in [2.75, 3.05) is 36.8 Å². The van der Waals surface area contributed by atoms with Gasteiger partial charge in [0.15, 0.2) is 0 Å². The standard InChI is InChI=1S/C16H24N4O2/c1-12(2)19-8-10-20(11-9-19)16(22)18-15-6-4-14(5-7-15)17-13(3)21/h4-7,12H,8-11H2,1-3H3,(H,17,21)(H,18,22). The van der Waals surface area contributed by atoms with E-state index in [1.807, 2.05) is 4.90 Å². The average Bonchev–Trinajstić information content (AvgIpc) is 2.49. The molecule has 1 aliphatic rings. The minimum absolute atomic E-state index is 0.0734. The molecule has 0 saturated carbocycles. The summed E-state index contributed by atoms with van der Waals surface area (Å²) in [7, 11) is 0. The number of hydrogen-bond acceptors (Lipinski definition) is 3. The molecular formula is C16H24N4O2. The van der Waals surface area contributed by atoms with Gasteiger partial charge in [-0.05, 0) is 38.1 Å². The SMILES string of the molecule is CC(=O)Nc1ccc(NC(=O)N2CCN(C(C)C)CC2)cc1. The zero-order valence-corrected chi connectivity index (χ0v) is 13.4. The monoisotopic (exact) mass is 304 g/mol. The quantitative estimate of drug-likeness (QED) is 0.900. The molecule has 0 spiro atoms. The summed E-state index contributed by atoms with van der Waals surface area (Å²) in [6.07, 6.45) is 0. The van der Waals surface area contributed by atoms with Crippen LogP contribution in [0.4, 0.5) is 16.2 Å². The molecule has 120 valence electrons. The van der Waals surface area contributed by atoms with Crippen molar-refractivity contribution in [3.8, 4) is 0 Å². The van der Waals surface area contributed by atoms with Gasteiger partial charge in [0.05, 0.1) is 0 Å². The van der Waals surface area contributed by atoms with Gasteiger partial charge in [-0.3, -0.25) is 9.69 Å². The third-order valence-corrected chi connectivity index (χ3v) is 3.79. The Bertz CT molecular complexity index is 519. The number of carbonyl (C=O) groups excluding carboxylic acids is 2. The molecule has 0 unspecified atom stereocenters. The Balaban J connectivity index is 1.86. The summed E-state index contributed by atoms with van der Waals surface area (Å²) >= 11 is 0. The van der Waals surface area contributed by atoms with Crippen molar-refractivity contribution in [1.82, 2.24) is 9.80 Å². The van der Waals surface area contributed by atoms with Gasteiger partial charge in [-0.25, -0.2) is 4.79 Å². The number of rotatable bonds is 3. The van der Waals surface area contributed by atoms with Crippen molar-refractivity contribution in [2.45, 2.75) is 26.8 Å². The first kappa shape index (κ1) is 16.3. The maximum Gasteiger partial charge on any atom is 0.321 e. The second-order valence-corrected chi connectivity index (χ2v) is 5.81. The lowest BCUT2D eigenvalue weighted by Gasteiger charge is -2.36. The molecule has 1 aromatic rings. The molecule has 2 rings (SSSR count). The number of piperazine rings is 1. The van der Waals surface area contributed by atoms with Crippen LogP contribution in [0.3, 0.4) is 0 Å². The summed E-state index contributed by atoms with van der Waals surface area (Å²) in [5.41, 5.74) is 1.45. The fourth-order valence-corrected chi connectivity index (χ4v) is 2.48. The highest BCUT2D eigenvalue weighted by molar-refractivity contribution is 5.91. The summed E-state index contributed by atoms with van der Waals surface area (Å²) in [5.74, 6) is -0.111. The summed E-state index contributed by atoms with van der Waals surface area (Å²) in [4.78, 5) is 27.4. The molecule has 0 atom stereocenters. The van der Waals surface area contributed by atoms with Gasteiger partial charge in [0, 0.05) is 50.5 Å². The van der Waals surface area contributed by atoms with E-state index < -0.39 is 0 Å². The molecule has 0 bridgehead atoms. The number of anilines is 2. The molecule has 22 heavy (non-hydrogen) atoms. The molecular weight excluding hydrogens is 280 g/mol. The van der Waals surface area contributed by atoms with Gasteiger partial charge in [-0.1, -0.05) is 0 Å². The van der Waals surface area contributed by atoms with E-state index in [0.717, 1.165) is 37.6 Å². The Kier molecular flexibility index (Phi) is 5.38. The zero-order valence-electron chi connectivity index (χ0n) is 13.4. The van der Waals surface area contributed by atoms with Crippen LogP contribution < -0.4 is 10.6 Å². The predicted octanol–water partition coefficient (Wildman–Crippen LogP) is 2.20. The minimum atomic E-state index is -0.111. The Morgan fingerprint density at radius 2 is 1.45 bits per heavy atom. The van der Waals surface area contributed by atoms with Gasteiger partial charge in [-0.2, -0.15) is 0 Å². The van der Waals surface area contributed by atoms with Gasteiger partial charge < -0.3 is 15.5 Å². The van der Waals surface area contributed by atoms with Gasteiger partial charge in [0.25, 0.3) is 0 Å². The van der Waals surface area contributed by atoms with Crippen LogP contribution in [0.2, 0.25) is 0 Å². The third kappa shape index (κ3) is 4.46. The average molecular weight is 304 g/mol. The summed E-state index contributed by atoms with van der Waals surface area (Å²) in [5, 5.41) is 5.59. The number of hydrogen-bond donors (Lipinski definition) is 2. The molecule has 1 aromatic carbocycles. The van der Waals surface area contributed by atoms with Gasteiger partial charge in [0.1, 0.15) is 0 Å². The van der Waals surface area contributed by atoms with E-state index >= 15 is 0 Å². The Morgan fingerprint density at radius 1 is 0.955 bits per heavy atom. The first-order valence-electron chi connectivity index (χ1n) is 7.63. The smallest absolute Gasteiger partial charge is 0.321 e. The van der Waals surface area contributed by atoms with Crippen molar-refractivity contribution in [2.24, 2.45) is 0 Å². The van der Waals surface area contributed by atoms with Crippen molar-refractivity contribution < 1.29 is 9.59 Å². The number of benzene rings is 1. The number of urea groups is 1. The lowest BCUT2D eigenvalue weighted by Crippen LogP contribution is -2.51. The van der Waals surface area contributed by atoms with Gasteiger partial charge in [0.2, 0.25) is 5.91 Å². The maximum atomic E-state index is 12.2. The molecule has 1 saturated heterocycles. The van der Waals surface area contributed by atoms with E-state index in [4.69, 9.17) is 0 Å². The first-order valence-corrected chi connectivity index (χ1v) is 7.63. The molecule has 1 heterocycles. The number of nitrogens with one attached hydrogen (secondary N) is 2. The summed E-state index contributed by atoms with van der Waals surface area (Å²) < 4.78 is 0. The van der Waals surface area contributed by atoms with Crippen LogP contribution in [0.25, 0.3) is 0 Å². The largest absolute Gasteiger partial charge is 0.326 e. The molecule has 2 N–H and O–H groups in total. The van der Waals surface area contributed by atoms with Crippen LogP contribution >= 0.6 is 0 Å². The number of amides is 3. The van der Waals surface area contributed by atoms with Gasteiger partial charge >= 0.3 is 6.03 Å². The van der Waals surface area contributed by atoms with Crippen LogP contribution in [-0.4, -0.2) is 54.0 Å². The highest BCUT2D eigenvalue weighted by Gasteiger charge is 2.22. The van der Waals surface area contributed by atoms with E-state index in [1.165, 1.54) is 6.92 Å². The first-order chi connectivity index (χ1) is 10.5. The number of carbonyl (C=O) groups is 2. The second kappa shape index (κ2) is 7.26. The van der Waals surface area contributed by atoms with Crippen molar-refractivity contribution in [3.63, 3.8) is 0 Å². The molecule has 1 fully saturated rings. The van der Waals surface area contributed by atoms with Crippen LogP contribution in [0.1, 0.15) is 20.8 Å². The Labute approximate surface area is 131 Å².